The van der Waals surface area contributed by atoms with Crippen LogP contribution in [-0.4, -0.2) is 22.1 Å². The van der Waals surface area contributed by atoms with Crippen molar-refractivity contribution in [3.05, 3.63) is 42.0 Å². The van der Waals surface area contributed by atoms with Crippen molar-refractivity contribution in [1.82, 2.24) is 15.0 Å². The van der Waals surface area contributed by atoms with Gasteiger partial charge in [-0.1, -0.05) is 26.8 Å². The molecule has 2 aromatic rings. The summed E-state index contributed by atoms with van der Waals surface area (Å²) < 4.78 is 5.24. The molecule has 0 radical (unpaired) electrons. The third-order valence-corrected chi connectivity index (χ3v) is 2.76. The molecule has 2 heterocycles. The molecule has 0 saturated heterocycles. The number of nitrogens with zero attached hydrogens (tertiary/aromatic N) is 3. The first-order chi connectivity index (χ1) is 9.49. The van der Waals surface area contributed by atoms with E-state index in [0.29, 0.717) is 12.4 Å². The number of rotatable bonds is 4. The van der Waals surface area contributed by atoms with Gasteiger partial charge in [-0.05, 0) is 12.1 Å². The predicted molar refractivity (Wildman–Crippen MR) is 78.8 cm³/mol. The molecule has 0 aromatic carbocycles. The Morgan fingerprint density at radius 3 is 2.60 bits per heavy atom. The van der Waals surface area contributed by atoms with Crippen LogP contribution < -0.4 is 10.1 Å². The standard InChI is InChI=1S/C15H20N4O/c1-15(2,3)14-18-12(9-13(19-14)20-4)17-10-11-7-5-6-8-16-11/h5-9H,10H2,1-4H3,(H,17,18,19). The fourth-order valence-corrected chi connectivity index (χ4v) is 1.64. The van der Waals surface area contributed by atoms with Crippen molar-refractivity contribution >= 4 is 5.82 Å². The summed E-state index contributed by atoms with van der Waals surface area (Å²) in [4.78, 5) is 13.2. The van der Waals surface area contributed by atoms with Crippen LogP contribution >= 0.6 is 0 Å². The lowest BCUT2D eigenvalue weighted by Gasteiger charge is -2.18. The average Bonchev–Trinajstić information content (AvgIpc) is 2.45. The monoisotopic (exact) mass is 272 g/mol. The van der Waals surface area contributed by atoms with Gasteiger partial charge in [-0.15, -0.1) is 0 Å². The molecule has 20 heavy (non-hydrogen) atoms. The number of anilines is 1. The first-order valence-corrected chi connectivity index (χ1v) is 6.56. The van der Waals surface area contributed by atoms with Crippen LogP contribution in [0.3, 0.4) is 0 Å². The minimum Gasteiger partial charge on any atom is -0.481 e. The maximum atomic E-state index is 5.24. The van der Waals surface area contributed by atoms with Gasteiger partial charge in [0, 0.05) is 17.7 Å². The maximum Gasteiger partial charge on any atom is 0.218 e. The van der Waals surface area contributed by atoms with Crippen LogP contribution in [0.4, 0.5) is 5.82 Å². The van der Waals surface area contributed by atoms with E-state index >= 15 is 0 Å². The highest BCUT2D eigenvalue weighted by Crippen LogP contribution is 2.23. The number of hydrogen-bond donors (Lipinski definition) is 1. The fraction of sp³-hybridized carbons (Fsp3) is 0.400. The topological polar surface area (TPSA) is 59.9 Å². The van der Waals surface area contributed by atoms with E-state index in [2.05, 4.69) is 41.0 Å². The van der Waals surface area contributed by atoms with Gasteiger partial charge in [0.2, 0.25) is 5.88 Å². The zero-order valence-electron chi connectivity index (χ0n) is 12.3. The number of ether oxygens (including phenoxy) is 1. The van der Waals surface area contributed by atoms with E-state index in [9.17, 15) is 0 Å². The number of methoxy groups -OCH3 is 1. The van der Waals surface area contributed by atoms with Crippen molar-refractivity contribution in [2.45, 2.75) is 32.7 Å². The molecular formula is C15H20N4O. The molecule has 5 nitrogen and oxygen atoms in total. The van der Waals surface area contributed by atoms with Crippen LogP contribution in [0.5, 0.6) is 5.88 Å². The first-order valence-electron chi connectivity index (χ1n) is 6.56. The minimum atomic E-state index is -0.129. The van der Waals surface area contributed by atoms with Gasteiger partial charge >= 0.3 is 0 Å². The summed E-state index contributed by atoms with van der Waals surface area (Å²) in [5.41, 5.74) is 0.832. The van der Waals surface area contributed by atoms with E-state index in [0.717, 1.165) is 17.3 Å². The average molecular weight is 272 g/mol. The van der Waals surface area contributed by atoms with Gasteiger partial charge in [0.05, 0.1) is 19.3 Å². The van der Waals surface area contributed by atoms with Gasteiger partial charge in [-0.3, -0.25) is 4.98 Å². The Bertz CT molecular complexity index is 564. The molecule has 0 atom stereocenters. The van der Waals surface area contributed by atoms with E-state index in [1.54, 1.807) is 19.4 Å². The summed E-state index contributed by atoms with van der Waals surface area (Å²) in [6.45, 7) is 6.84. The van der Waals surface area contributed by atoms with Crippen LogP contribution in [0.25, 0.3) is 0 Å². The van der Waals surface area contributed by atoms with E-state index in [1.165, 1.54) is 0 Å². The number of nitrogens with one attached hydrogen (secondary N) is 1. The minimum absolute atomic E-state index is 0.129. The SMILES string of the molecule is COc1cc(NCc2ccccn2)nc(C(C)(C)C)n1. The third kappa shape index (κ3) is 3.66. The van der Waals surface area contributed by atoms with Gasteiger partial charge in [0.25, 0.3) is 0 Å². The molecule has 0 amide bonds. The predicted octanol–water partition coefficient (Wildman–Crippen LogP) is 2.79. The van der Waals surface area contributed by atoms with Crippen molar-refractivity contribution < 1.29 is 4.74 Å². The number of pyridine rings is 1. The summed E-state index contributed by atoms with van der Waals surface area (Å²) in [6.07, 6.45) is 1.78. The van der Waals surface area contributed by atoms with Crippen LogP contribution in [-0.2, 0) is 12.0 Å². The van der Waals surface area contributed by atoms with Crippen molar-refractivity contribution in [3.63, 3.8) is 0 Å². The molecule has 0 aliphatic carbocycles. The smallest absolute Gasteiger partial charge is 0.218 e. The third-order valence-electron chi connectivity index (χ3n) is 2.76. The Labute approximate surface area is 119 Å². The Morgan fingerprint density at radius 2 is 2.00 bits per heavy atom. The highest BCUT2D eigenvalue weighted by atomic mass is 16.5. The molecule has 2 aromatic heterocycles. The van der Waals surface area contributed by atoms with E-state index in [-0.39, 0.29) is 5.41 Å². The molecule has 2 rings (SSSR count). The van der Waals surface area contributed by atoms with Crippen molar-refractivity contribution in [2.75, 3.05) is 12.4 Å². The second kappa shape index (κ2) is 5.86. The molecule has 5 heteroatoms. The molecule has 0 bridgehead atoms. The lowest BCUT2D eigenvalue weighted by Crippen LogP contribution is -2.17. The quantitative estimate of drug-likeness (QED) is 0.927. The molecule has 0 aliphatic rings. The molecule has 106 valence electrons. The van der Waals surface area contributed by atoms with Gasteiger partial charge in [0.15, 0.2) is 0 Å². The summed E-state index contributed by atoms with van der Waals surface area (Å²) in [6, 6.07) is 7.62. The summed E-state index contributed by atoms with van der Waals surface area (Å²) in [7, 11) is 1.61. The lowest BCUT2D eigenvalue weighted by atomic mass is 9.96. The molecule has 0 aliphatic heterocycles. The van der Waals surface area contributed by atoms with Gasteiger partial charge in [-0.2, -0.15) is 4.98 Å². The van der Waals surface area contributed by atoms with E-state index in [4.69, 9.17) is 4.74 Å². The zero-order chi connectivity index (χ0) is 14.6. The summed E-state index contributed by atoms with van der Waals surface area (Å²) >= 11 is 0. The normalized spacial score (nSPS) is 11.2. The van der Waals surface area contributed by atoms with E-state index in [1.807, 2.05) is 18.2 Å². The molecule has 0 spiro atoms. The van der Waals surface area contributed by atoms with Crippen molar-refractivity contribution in [3.8, 4) is 5.88 Å². The van der Waals surface area contributed by atoms with Crippen LogP contribution in [0, 0.1) is 0 Å². The Hall–Kier alpha value is -2.17. The Balaban J connectivity index is 2.19. The summed E-state index contributed by atoms with van der Waals surface area (Å²) in [5, 5.41) is 3.25. The lowest BCUT2D eigenvalue weighted by molar-refractivity contribution is 0.389. The van der Waals surface area contributed by atoms with Crippen LogP contribution in [0.15, 0.2) is 30.5 Å². The van der Waals surface area contributed by atoms with Crippen molar-refractivity contribution in [2.24, 2.45) is 0 Å². The number of aromatic nitrogens is 3. The van der Waals surface area contributed by atoms with Gasteiger partial charge in [-0.25, -0.2) is 4.98 Å². The Kier molecular flexibility index (Phi) is 4.17. The summed E-state index contributed by atoms with van der Waals surface area (Å²) in [5.74, 6) is 2.06. The highest BCUT2D eigenvalue weighted by molar-refractivity contribution is 5.39. The fourth-order valence-electron chi connectivity index (χ4n) is 1.64. The van der Waals surface area contributed by atoms with E-state index < -0.39 is 0 Å². The maximum absolute atomic E-state index is 5.24. The van der Waals surface area contributed by atoms with Gasteiger partial charge < -0.3 is 10.1 Å². The zero-order valence-corrected chi connectivity index (χ0v) is 12.3. The molecule has 0 unspecified atom stereocenters. The number of hydrogen-bond acceptors (Lipinski definition) is 5. The highest BCUT2D eigenvalue weighted by Gasteiger charge is 2.19. The van der Waals surface area contributed by atoms with Crippen LogP contribution in [0.1, 0.15) is 32.3 Å². The molecule has 0 saturated carbocycles. The largest absolute Gasteiger partial charge is 0.481 e. The second-order valence-corrected chi connectivity index (χ2v) is 5.54. The molecular weight excluding hydrogens is 252 g/mol. The first kappa shape index (κ1) is 14.2. The van der Waals surface area contributed by atoms with Crippen LogP contribution in [0.2, 0.25) is 0 Å². The molecule has 0 fully saturated rings. The van der Waals surface area contributed by atoms with Crippen molar-refractivity contribution in [1.29, 1.82) is 0 Å². The second-order valence-electron chi connectivity index (χ2n) is 5.54. The van der Waals surface area contributed by atoms with Gasteiger partial charge in [0.1, 0.15) is 11.6 Å². The molecule has 1 N–H and O–H groups in total. The Morgan fingerprint density at radius 1 is 1.20 bits per heavy atom.